The van der Waals surface area contributed by atoms with Crippen LogP contribution in [0.15, 0.2) is 30.8 Å². The fraction of sp³-hybridized carbons (Fsp3) is 0.500. The molecule has 0 aliphatic carbocycles. The van der Waals surface area contributed by atoms with Crippen molar-refractivity contribution in [2.45, 2.75) is 6.54 Å². The Morgan fingerprint density at radius 3 is 2.06 bits per heavy atom. The van der Waals surface area contributed by atoms with E-state index in [2.05, 4.69) is 37.9 Å². The number of benzene rings is 1. The highest BCUT2D eigenvalue weighted by Gasteiger charge is 2.46. The molecule has 3 aliphatic rings. The van der Waals surface area contributed by atoms with Crippen LogP contribution >= 0.6 is 0 Å². The minimum absolute atomic E-state index is 1.22. The van der Waals surface area contributed by atoms with E-state index in [1.807, 2.05) is 6.08 Å². The van der Waals surface area contributed by atoms with Gasteiger partial charge in [-0.1, -0.05) is 36.9 Å². The summed E-state index contributed by atoms with van der Waals surface area (Å²) in [5, 5.41) is 0. The summed E-state index contributed by atoms with van der Waals surface area (Å²) in [6, 6.07) is 8.94. The van der Waals surface area contributed by atoms with Crippen LogP contribution in [0.4, 0.5) is 0 Å². The van der Waals surface area contributed by atoms with Crippen molar-refractivity contribution in [3.8, 4) is 0 Å². The second kappa shape index (κ2) is 4.22. The van der Waals surface area contributed by atoms with Crippen molar-refractivity contribution >= 4 is 6.08 Å². The van der Waals surface area contributed by atoms with E-state index in [0.29, 0.717) is 0 Å². The van der Waals surface area contributed by atoms with Gasteiger partial charge < -0.3 is 8.97 Å². The predicted molar refractivity (Wildman–Crippen MR) is 75.9 cm³/mol. The standard InChI is InChI=1S/C16H24N2/c1-3-15-4-6-16(7-5-15)14-18-11-8-17(2,9-12-18)10-13-18/h3-7H,1,8-14H2,2H3/q+2. The molecule has 3 aliphatic heterocycles. The summed E-state index contributed by atoms with van der Waals surface area (Å²) in [6.07, 6.45) is 1.92. The number of hydrogen-bond donors (Lipinski definition) is 0. The molecule has 0 saturated carbocycles. The molecular formula is C16H24N2+2. The van der Waals surface area contributed by atoms with Crippen LogP contribution in [-0.2, 0) is 6.54 Å². The number of fused-ring (bicyclic) bond motifs is 3. The lowest BCUT2D eigenvalue weighted by Gasteiger charge is -2.54. The molecule has 0 unspecified atom stereocenters. The number of piperazine rings is 3. The van der Waals surface area contributed by atoms with Gasteiger partial charge in [-0.2, -0.15) is 0 Å². The minimum atomic E-state index is 1.22. The predicted octanol–water partition coefficient (Wildman–Crippen LogP) is 2.12. The molecule has 0 amide bonds. The van der Waals surface area contributed by atoms with Crippen molar-refractivity contribution in [3.63, 3.8) is 0 Å². The minimum Gasteiger partial charge on any atom is -0.312 e. The largest absolute Gasteiger partial charge is 0.312 e. The Bertz CT molecular complexity index is 422. The first-order valence-electron chi connectivity index (χ1n) is 7.03. The van der Waals surface area contributed by atoms with Crippen molar-refractivity contribution < 1.29 is 8.97 Å². The van der Waals surface area contributed by atoms with Gasteiger partial charge in [0.25, 0.3) is 0 Å². The summed E-state index contributed by atoms with van der Waals surface area (Å²) < 4.78 is 2.64. The molecular weight excluding hydrogens is 220 g/mol. The second-order valence-corrected chi connectivity index (χ2v) is 6.41. The van der Waals surface area contributed by atoms with Crippen molar-refractivity contribution in [1.29, 1.82) is 0 Å². The van der Waals surface area contributed by atoms with E-state index in [0.717, 1.165) is 0 Å². The van der Waals surface area contributed by atoms with E-state index in [1.165, 1.54) is 65.9 Å². The molecule has 4 rings (SSSR count). The van der Waals surface area contributed by atoms with Crippen LogP contribution in [0.2, 0.25) is 0 Å². The number of rotatable bonds is 3. The Balaban J connectivity index is 1.74. The molecule has 2 bridgehead atoms. The molecule has 1 aromatic rings. The summed E-state index contributed by atoms with van der Waals surface area (Å²) in [7, 11) is 2.42. The summed E-state index contributed by atoms with van der Waals surface area (Å²) in [6.45, 7) is 13.2. The molecule has 0 N–H and O–H groups in total. The topological polar surface area (TPSA) is 0 Å². The van der Waals surface area contributed by atoms with Crippen molar-refractivity contribution in [1.82, 2.24) is 0 Å². The Morgan fingerprint density at radius 1 is 1.00 bits per heavy atom. The highest BCUT2D eigenvalue weighted by molar-refractivity contribution is 5.47. The zero-order chi connectivity index (χ0) is 12.6. The van der Waals surface area contributed by atoms with Crippen LogP contribution in [0, 0.1) is 0 Å². The summed E-state index contributed by atoms with van der Waals surface area (Å²) in [4.78, 5) is 0. The maximum atomic E-state index is 3.81. The lowest BCUT2D eigenvalue weighted by atomic mass is 10.0. The van der Waals surface area contributed by atoms with Crippen LogP contribution < -0.4 is 0 Å². The summed E-state index contributed by atoms with van der Waals surface area (Å²) >= 11 is 0. The first kappa shape index (κ1) is 11.9. The van der Waals surface area contributed by atoms with E-state index >= 15 is 0 Å². The van der Waals surface area contributed by atoms with E-state index in [4.69, 9.17) is 0 Å². The van der Waals surface area contributed by atoms with E-state index in [-0.39, 0.29) is 0 Å². The lowest BCUT2D eigenvalue weighted by Crippen LogP contribution is -2.73. The van der Waals surface area contributed by atoms with Crippen LogP contribution in [0.5, 0.6) is 0 Å². The van der Waals surface area contributed by atoms with Crippen LogP contribution in [0.3, 0.4) is 0 Å². The van der Waals surface area contributed by atoms with Crippen LogP contribution in [0.25, 0.3) is 6.08 Å². The summed E-state index contributed by atoms with van der Waals surface area (Å²) in [5.74, 6) is 0. The molecule has 0 spiro atoms. The third kappa shape index (κ3) is 2.11. The Labute approximate surface area is 110 Å². The molecule has 3 fully saturated rings. The average Bonchev–Trinajstić information content (AvgIpc) is 2.42. The van der Waals surface area contributed by atoms with Gasteiger partial charge in [-0.3, -0.25) is 0 Å². The maximum Gasteiger partial charge on any atom is 0.129 e. The summed E-state index contributed by atoms with van der Waals surface area (Å²) in [5.41, 5.74) is 2.71. The number of hydrogen-bond acceptors (Lipinski definition) is 0. The van der Waals surface area contributed by atoms with E-state index in [9.17, 15) is 0 Å². The van der Waals surface area contributed by atoms with Crippen molar-refractivity contribution in [3.05, 3.63) is 42.0 Å². The Morgan fingerprint density at radius 2 is 1.56 bits per heavy atom. The third-order valence-corrected chi connectivity index (χ3v) is 5.08. The van der Waals surface area contributed by atoms with Gasteiger partial charge in [-0.05, 0) is 5.56 Å². The van der Waals surface area contributed by atoms with Crippen LogP contribution in [-0.4, -0.2) is 55.3 Å². The zero-order valence-electron chi connectivity index (χ0n) is 11.4. The molecule has 1 aromatic carbocycles. The van der Waals surface area contributed by atoms with Gasteiger partial charge >= 0.3 is 0 Å². The quantitative estimate of drug-likeness (QED) is 0.715. The molecule has 0 radical (unpaired) electrons. The van der Waals surface area contributed by atoms with Gasteiger partial charge in [0.05, 0.1) is 7.05 Å². The van der Waals surface area contributed by atoms with Gasteiger partial charge in [0.2, 0.25) is 0 Å². The molecule has 2 nitrogen and oxygen atoms in total. The smallest absolute Gasteiger partial charge is 0.129 e. The maximum absolute atomic E-state index is 3.81. The third-order valence-electron chi connectivity index (χ3n) is 5.08. The number of likely N-dealkylation sites (N-methyl/N-ethyl adjacent to an activating group) is 1. The number of quaternary nitrogens is 2. The zero-order valence-corrected chi connectivity index (χ0v) is 11.4. The van der Waals surface area contributed by atoms with Gasteiger partial charge in [-0.15, -0.1) is 0 Å². The van der Waals surface area contributed by atoms with Gasteiger partial charge in [0.15, 0.2) is 0 Å². The first-order chi connectivity index (χ1) is 8.63. The molecule has 2 heteroatoms. The van der Waals surface area contributed by atoms with Crippen molar-refractivity contribution in [2.75, 3.05) is 46.3 Å². The van der Waals surface area contributed by atoms with Crippen molar-refractivity contribution in [2.24, 2.45) is 0 Å². The molecule has 0 atom stereocenters. The second-order valence-electron chi connectivity index (χ2n) is 6.41. The number of nitrogens with zero attached hydrogens (tertiary/aromatic N) is 2. The molecule has 18 heavy (non-hydrogen) atoms. The molecule has 3 heterocycles. The fourth-order valence-electron chi connectivity index (χ4n) is 3.42. The monoisotopic (exact) mass is 244 g/mol. The van der Waals surface area contributed by atoms with Gasteiger partial charge in [0, 0.05) is 5.56 Å². The average molecular weight is 244 g/mol. The van der Waals surface area contributed by atoms with E-state index < -0.39 is 0 Å². The SMILES string of the molecule is C=Cc1ccc(C[N+]23CC[N+](C)(CC2)CC3)cc1. The Kier molecular flexibility index (Phi) is 2.80. The van der Waals surface area contributed by atoms with Gasteiger partial charge in [0.1, 0.15) is 45.8 Å². The normalized spacial score (nSPS) is 34.5. The lowest BCUT2D eigenvalue weighted by molar-refractivity contribution is -1.08. The highest BCUT2D eigenvalue weighted by atomic mass is 15.5. The fourth-order valence-corrected chi connectivity index (χ4v) is 3.42. The molecule has 96 valence electrons. The van der Waals surface area contributed by atoms with E-state index in [1.54, 1.807) is 0 Å². The van der Waals surface area contributed by atoms with Gasteiger partial charge in [-0.25, -0.2) is 0 Å². The van der Waals surface area contributed by atoms with Crippen LogP contribution in [0.1, 0.15) is 11.1 Å². The Hall–Kier alpha value is -1.12. The molecule has 3 saturated heterocycles. The molecule has 0 aromatic heterocycles. The highest BCUT2D eigenvalue weighted by Crippen LogP contribution is 2.27. The first-order valence-corrected chi connectivity index (χ1v) is 7.03.